The number of aryl methyl sites for hydroxylation is 1. The summed E-state index contributed by atoms with van der Waals surface area (Å²) < 4.78 is 6.27. The maximum atomic E-state index is 11.6. The maximum absolute atomic E-state index is 11.6. The predicted octanol–water partition coefficient (Wildman–Crippen LogP) is 0.709. The molecule has 1 aromatic heterocycles. The van der Waals surface area contributed by atoms with Crippen molar-refractivity contribution in [3.8, 4) is 0 Å². The first kappa shape index (κ1) is 12.1. The van der Waals surface area contributed by atoms with Gasteiger partial charge in [-0.05, 0) is 18.2 Å². The van der Waals surface area contributed by atoms with Crippen molar-refractivity contribution in [3.05, 3.63) is 24.5 Å². The fourth-order valence-electron chi connectivity index (χ4n) is 1.67. The van der Waals surface area contributed by atoms with Crippen molar-refractivity contribution >= 4 is 28.6 Å². The predicted molar refractivity (Wildman–Crippen MR) is 66.1 cm³/mol. The van der Waals surface area contributed by atoms with Gasteiger partial charge in [0.05, 0.1) is 24.5 Å². The number of esters is 1. The molecule has 6 nitrogen and oxygen atoms in total. The zero-order chi connectivity index (χ0) is 13.3. The van der Waals surface area contributed by atoms with Crippen LogP contribution < -0.4 is 4.90 Å². The molecule has 0 saturated carbocycles. The standard InChI is InChI=1S/C12H13N3O3/c1-14-7-13-9-6-8(4-5-10(9)14)15(2)11(16)12(17)18-3/h4-7H,1-3H3. The Kier molecular flexibility index (Phi) is 3.01. The normalized spacial score (nSPS) is 10.4. The van der Waals surface area contributed by atoms with Gasteiger partial charge >= 0.3 is 11.9 Å². The summed E-state index contributed by atoms with van der Waals surface area (Å²) in [4.78, 5) is 28.2. The molecule has 0 unspecified atom stereocenters. The van der Waals surface area contributed by atoms with E-state index in [4.69, 9.17) is 0 Å². The van der Waals surface area contributed by atoms with Gasteiger partial charge in [-0.1, -0.05) is 0 Å². The molecular formula is C12H13N3O3. The van der Waals surface area contributed by atoms with E-state index in [0.29, 0.717) is 5.69 Å². The number of aromatic nitrogens is 2. The minimum Gasteiger partial charge on any atom is -0.462 e. The van der Waals surface area contributed by atoms with Gasteiger partial charge in [0.2, 0.25) is 0 Å². The largest absolute Gasteiger partial charge is 0.462 e. The Morgan fingerprint density at radius 2 is 2.11 bits per heavy atom. The van der Waals surface area contributed by atoms with Crippen molar-refractivity contribution < 1.29 is 14.3 Å². The summed E-state index contributed by atoms with van der Waals surface area (Å²) in [6.07, 6.45) is 1.69. The monoisotopic (exact) mass is 247 g/mol. The summed E-state index contributed by atoms with van der Waals surface area (Å²) >= 11 is 0. The lowest BCUT2D eigenvalue weighted by molar-refractivity contribution is -0.151. The van der Waals surface area contributed by atoms with Gasteiger partial charge in [0.1, 0.15) is 0 Å². The van der Waals surface area contributed by atoms with Crippen LogP contribution in [0.5, 0.6) is 0 Å². The molecule has 0 spiro atoms. The number of methoxy groups -OCH3 is 1. The summed E-state index contributed by atoms with van der Waals surface area (Å²) in [6.45, 7) is 0. The summed E-state index contributed by atoms with van der Waals surface area (Å²) in [7, 11) is 4.58. The SMILES string of the molecule is COC(=O)C(=O)N(C)c1ccc2c(c1)ncn2C. The third-order valence-corrected chi connectivity index (χ3v) is 2.76. The smallest absolute Gasteiger partial charge is 0.397 e. The molecule has 0 radical (unpaired) electrons. The number of benzene rings is 1. The zero-order valence-electron chi connectivity index (χ0n) is 10.4. The Morgan fingerprint density at radius 1 is 1.39 bits per heavy atom. The molecule has 0 aliphatic rings. The van der Waals surface area contributed by atoms with E-state index in [-0.39, 0.29) is 0 Å². The van der Waals surface area contributed by atoms with Crippen LogP contribution in [0.1, 0.15) is 0 Å². The van der Waals surface area contributed by atoms with Crippen molar-refractivity contribution in [3.63, 3.8) is 0 Å². The first-order chi connectivity index (χ1) is 8.54. The van der Waals surface area contributed by atoms with Crippen LogP contribution in [-0.2, 0) is 21.4 Å². The van der Waals surface area contributed by atoms with Gasteiger partial charge in [-0.15, -0.1) is 0 Å². The van der Waals surface area contributed by atoms with Crippen LogP contribution in [0.15, 0.2) is 24.5 Å². The number of ether oxygens (including phenoxy) is 1. The number of amides is 1. The van der Waals surface area contributed by atoms with Gasteiger partial charge in [0.15, 0.2) is 0 Å². The molecule has 2 aromatic rings. The number of imidazole rings is 1. The number of likely N-dealkylation sites (N-methyl/N-ethyl adjacent to an activating group) is 1. The van der Waals surface area contributed by atoms with Crippen LogP contribution in [0.2, 0.25) is 0 Å². The second kappa shape index (κ2) is 4.48. The van der Waals surface area contributed by atoms with Gasteiger partial charge in [0, 0.05) is 19.8 Å². The lowest BCUT2D eigenvalue weighted by Crippen LogP contribution is -2.33. The Bertz CT molecular complexity index is 618. The number of rotatable bonds is 1. The highest BCUT2D eigenvalue weighted by atomic mass is 16.5. The minimum absolute atomic E-state index is 0.594. The molecule has 0 fully saturated rings. The first-order valence-electron chi connectivity index (χ1n) is 5.31. The lowest BCUT2D eigenvalue weighted by Gasteiger charge is -2.15. The number of anilines is 1. The van der Waals surface area contributed by atoms with Crippen LogP contribution in [0, 0.1) is 0 Å². The van der Waals surface area contributed by atoms with Crippen molar-refractivity contribution in [2.24, 2.45) is 7.05 Å². The van der Waals surface area contributed by atoms with Crippen LogP contribution in [0.3, 0.4) is 0 Å². The van der Waals surface area contributed by atoms with Gasteiger partial charge in [-0.2, -0.15) is 0 Å². The second-order valence-corrected chi connectivity index (χ2v) is 3.88. The van der Waals surface area contributed by atoms with Gasteiger partial charge in [-0.25, -0.2) is 9.78 Å². The molecule has 0 N–H and O–H groups in total. The third-order valence-electron chi connectivity index (χ3n) is 2.76. The fourth-order valence-corrected chi connectivity index (χ4v) is 1.67. The molecular weight excluding hydrogens is 234 g/mol. The van der Waals surface area contributed by atoms with Crippen LogP contribution >= 0.6 is 0 Å². The first-order valence-corrected chi connectivity index (χ1v) is 5.31. The average Bonchev–Trinajstić information content (AvgIpc) is 2.77. The zero-order valence-corrected chi connectivity index (χ0v) is 10.4. The molecule has 1 amide bonds. The van der Waals surface area contributed by atoms with Crippen molar-refractivity contribution in [2.45, 2.75) is 0 Å². The molecule has 1 heterocycles. The Labute approximate surface area is 104 Å². The van der Waals surface area contributed by atoms with Gasteiger partial charge in [0.25, 0.3) is 0 Å². The molecule has 2 rings (SSSR count). The van der Waals surface area contributed by atoms with Crippen LogP contribution in [0.4, 0.5) is 5.69 Å². The minimum atomic E-state index is -0.890. The quantitative estimate of drug-likeness (QED) is 0.550. The summed E-state index contributed by atoms with van der Waals surface area (Å²) in [6, 6.07) is 5.35. The van der Waals surface area contributed by atoms with Crippen LogP contribution in [0.25, 0.3) is 11.0 Å². The molecule has 0 aliphatic carbocycles. The Morgan fingerprint density at radius 3 is 2.78 bits per heavy atom. The Hall–Kier alpha value is -2.37. The molecule has 0 aliphatic heterocycles. The number of carbonyl (C=O) groups is 2. The highest BCUT2D eigenvalue weighted by molar-refractivity contribution is 6.38. The van der Waals surface area contributed by atoms with E-state index in [1.807, 2.05) is 17.7 Å². The topological polar surface area (TPSA) is 64.4 Å². The van der Waals surface area contributed by atoms with Crippen LogP contribution in [-0.4, -0.2) is 35.6 Å². The maximum Gasteiger partial charge on any atom is 0.397 e. The van der Waals surface area contributed by atoms with E-state index in [2.05, 4.69) is 9.72 Å². The molecule has 94 valence electrons. The number of nitrogens with zero attached hydrogens (tertiary/aromatic N) is 3. The average molecular weight is 247 g/mol. The highest BCUT2D eigenvalue weighted by Crippen LogP contribution is 2.20. The van der Waals surface area contributed by atoms with E-state index in [0.717, 1.165) is 11.0 Å². The van der Waals surface area contributed by atoms with Crippen molar-refractivity contribution in [1.82, 2.24) is 9.55 Å². The molecule has 6 heteroatoms. The molecule has 0 atom stereocenters. The second-order valence-electron chi connectivity index (χ2n) is 3.88. The van der Waals surface area contributed by atoms with E-state index >= 15 is 0 Å². The van der Waals surface area contributed by atoms with Crippen molar-refractivity contribution in [2.75, 3.05) is 19.1 Å². The molecule has 18 heavy (non-hydrogen) atoms. The summed E-state index contributed by atoms with van der Waals surface area (Å²) in [5, 5.41) is 0. The van der Waals surface area contributed by atoms with E-state index < -0.39 is 11.9 Å². The van der Waals surface area contributed by atoms with Crippen molar-refractivity contribution in [1.29, 1.82) is 0 Å². The number of fused-ring (bicyclic) bond motifs is 1. The highest BCUT2D eigenvalue weighted by Gasteiger charge is 2.20. The summed E-state index contributed by atoms with van der Waals surface area (Å²) in [5.41, 5.74) is 2.31. The number of hydrogen-bond donors (Lipinski definition) is 0. The molecule has 0 saturated heterocycles. The Balaban J connectivity index is 2.36. The molecule has 1 aromatic carbocycles. The number of carbonyl (C=O) groups excluding carboxylic acids is 2. The summed E-state index contributed by atoms with van der Waals surface area (Å²) in [5.74, 6) is -1.61. The molecule has 0 bridgehead atoms. The third kappa shape index (κ3) is 1.92. The van der Waals surface area contributed by atoms with E-state index in [1.165, 1.54) is 19.1 Å². The van der Waals surface area contributed by atoms with Gasteiger partial charge < -0.3 is 14.2 Å². The number of hydrogen-bond acceptors (Lipinski definition) is 4. The van der Waals surface area contributed by atoms with E-state index in [1.54, 1.807) is 18.5 Å². The lowest BCUT2D eigenvalue weighted by atomic mass is 10.2. The van der Waals surface area contributed by atoms with E-state index in [9.17, 15) is 9.59 Å². The van der Waals surface area contributed by atoms with Gasteiger partial charge in [-0.3, -0.25) is 4.79 Å². The fraction of sp³-hybridized carbons (Fsp3) is 0.250.